The normalized spacial score (nSPS) is 11.8. The average molecular weight is 257 g/mol. The van der Waals surface area contributed by atoms with Gasteiger partial charge in [-0.05, 0) is 17.9 Å². The molecule has 1 aromatic heterocycles. The SMILES string of the molecule is O=C(O)CCC(NC(=O)c1cccs1)C(=O)O. The molecule has 1 atom stereocenters. The monoisotopic (exact) mass is 257 g/mol. The number of hydrogen-bond acceptors (Lipinski definition) is 4. The summed E-state index contributed by atoms with van der Waals surface area (Å²) in [6.07, 6.45) is -0.441. The van der Waals surface area contributed by atoms with Crippen molar-refractivity contribution in [3.05, 3.63) is 22.4 Å². The molecule has 0 fully saturated rings. The average Bonchev–Trinajstić information content (AvgIpc) is 2.76. The van der Waals surface area contributed by atoms with Gasteiger partial charge in [-0.3, -0.25) is 9.59 Å². The van der Waals surface area contributed by atoms with E-state index in [4.69, 9.17) is 10.2 Å². The fourth-order valence-electron chi connectivity index (χ4n) is 1.16. The number of thiophene rings is 1. The summed E-state index contributed by atoms with van der Waals surface area (Å²) in [6, 6.07) is 2.06. The molecule has 0 radical (unpaired) electrons. The Labute approximate surface area is 101 Å². The van der Waals surface area contributed by atoms with Crippen LogP contribution in [-0.4, -0.2) is 34.1 Å². The van der Waals surface area contributed by atoms with Crippen LogP contribution >= 0.6 is 11.3 Å². The van der Waals surface area contributed by atoms with Crippen LogP contribution in [0.25, 0.3) is 0 Å². The highest BCUT2D eigenvalue weighted by molar-refractivity contribution is 7.12. The van der Waals surface area contributed by atoms with E-state index in [0.29, 0.717) is 4.88 Å². The van der Waals surface area contributed by atoms with Gasteiger partial charge in [0.05, 0.1) is 4.88 Å². The lowest BCUT2D eigenvalue weighted by Crippen LogP contribution is -2.40. The van der Waals surface area contributed by atoms with Crippen molar-refractivity contribution < 1.29 is 24.6 Å². The number of nitrogens with one attached hydrogen (secondary N) is 1. The molecule has 1 heterocycles. The molecular formula is C10H11NO5S. The number of aliphatic carboxylic acids is 2. The molecule has 1 unspecified atom stereocenters. The first-order valence-corrected chi connectivity index (χ1v) is 5.67. The number of hydrogen-bond donors (Lipinski definition) is 3. The summed E-state index contributed by atoms with van der Waals surface area (Å²) in [5, 5.41) is 21.3. The van der Waals surface area contributed by atoms with Gasteiger partial charge in [0.2, 0.25) is 0 Å². The molecule has 0 aromatic carbocycles. The maximum atomic E-state index is 11.6. The third kappa shape index (κ3) is 4.23. The third-order valence-corrected chi connectivity index (χ3v) is 2.86. The highest BCUT2D eigenvalue weighted by Gasteiger charge is 2.21. The Balaban J connectivity index is 2.58. The number of rotatable bonds is 6. The highest BCUT2D eigenvalue weighted by atomic mass is 32.1. The van der Waals surface area contributed by atoms with Gasteiger partial charge in [0.15, 0.2) is 0 Å². The first kappa shape index (κ1) is 13.2. The Bertz CT molecular complexity index is 414. The van der Waals surface area contributed by atoms with E-state index in [2.05, 4.69) is 5.32 Å². The second-order valence-corrected chi connectivity index (χ2v) is 4.22. The maximum Gasteiger partial charge on any atom is 0.326 e. The molecule has 0 saturated carbocycles. The van der Waals surface area contributed by atoms with E-state index in [1.54, 1.807) is 17.5 Å². The standard InChI is InChI=1S/C10H11NO5S/c12-8(13)4-3-6(10(15)16)11-9(14)7-2-1-5-17-7/h1-2,5-6H,3-4H2,(H,11,14)(H,12,13)(H,15,16). The molecule has 0 aliphatic heterocycles. The number of amides is 1. The lowest BCUT2D eigenvalue weighted by atomic mass is 10.1. The van der Waals surface area contributed by atoms with Crippen molar-refractivity contribution in [2.24, 2.45) is 0 Å². The van der Waals surface area contributed by atoms with Gasteiger partial charge in [-0.1, -0.05) is 6.07 Å². The van der Waals surface area contributed by atoms with Crippen LogP contribution in [0.3, 0.4) is 0 Å². The third-order valence-electron chi connectivity index (χ3n) is 2.00. The molecule has 0 bridgehead atoms. The summed E-state index contributed by atoms with van der Waals surface area (Å²) in [7, 11) is 0. The van der Waals surface area contributed by atoms with Crippen molar-refractivity contribution in [2.75, 3.05) is 0 Å². The molecule has 92 valence electrons. The molecular weight excluding hydrogens is 246 g/mol. The van der Waals surface area contributed by atoms with E-state index in [1.807, 2.05) is 0 Å². The van der Waals surface area contributed by atoms with E-state index < -0.39 is 23.9 Å². The zero-order valence-corrected chi connectivity index (χ0v) is 9.57. The maximum absolute atomic E-state index is 11.6. The predicted molar refractivity (Wildman–Crippen MR) is 60.1 cm³/mol. The smallest absolute Gasteiger partial charge is 0.326 e. The Morgan fingerprint density at radius 3 is 2.53 bits per heavy atom. The largest absolute Gasteiger partial charge is 0.481 e. The Morgan fingerprint density at radius 1 is 1.35 bits per heavy atom. The Morgan fingerprint density at radius 2 is 2.06 bits per heavy atom. The van der Waals surface area contributed by atoms with Gasteiger partial charge in [0, 0.05) is 6.42 Å². The van der Waals surface area contributed by atoms with Crippen molar-refractivity contribution in [3.63, 3.8) is 0 Å². The minimum Gasteiger partial charge on any atom is -0.481 e. The van der Waals surface area contributed by atoms with Crippen LogP contribution in [0.1, 0.15) is 22.5 Å². The molecule has 1 rings (SSSR count). The highest BCUT2D eigenvalue weighted by Crippen LogP contribution is 2.09. The van der Waals surface area contributed by atoms with Crippen LogP contribution in [-0.2, 0) is 9.59 Å². The summed E-state index contributed by atoms with van der Waals surface area (Å²) in [5.41, 5.74) is 0. The first-order valence-electron chi connectivity index (χ1n) is 4.79. The minimum atomic E-state index is -1.24. The molecule has 3 N–H and O–H groups in total. The van der Waals surface area contributed by atoms with Gasteiger partial charge >= 0.3 is 11.9 Å². The van der Waals surface area contributed by atoms with E-state index in [-0.39, 0.29) is 12.8 Å². The minimum absolute atomic E-state index is 0.137. The lowest BCUT2D eigenvalue weighted by Gasteiger charge is -2.12. The van der Waals surface area contributed by atoms with Crippen LogP contribution in [0, 0.1) is 0 Å². The zero-order chi connectivity index (χ0) is 12.8. The van der Waals surface area contributed by atoms with Crippen molar-refractivity contribution >= 4 is 29.2 Å². The molecule has 0 aliphatic carbocycles. The molecule has 17 heavy (non-hydrogen) atoms. The predicted octanol–water partition coefficient (Wildman–Crippen LogP) is 0.796. The summed E-state index contributed by atoms with van der Waals surface area (Å²) in [5.74, 6) is -2.84. The van der Waals surface area contributed by atoms with Crippen LogP contribution in [0.4, 0.5) is 0 Å². The molecule has 0 saturated heterocycles. The second-order valence-electron chi connectivity index (χ2n) is 3.27. The molecule has 1 amide bonds. The van der Waals surface area contributed by atoms with Crippen LogP contribution in [0.15, 0.2) is 17.5 Å². The summed E-state index contributed by atoms with van der Waals surface area (Å²) in [4.78, 5) is 33.1. The van der Waals surface area contributed by atoms with Gasteiger partial charge in [-0.2, -0.15) is 0 Å². The van der Waals surface area contributed by atoms with Gasteiger partial charge < -0.3 is 15.5 Å². The second kappa shape index (κ2) is 6.00. The van der Waals surface area contributed by atoms with E-state index in [9.17, 15) is 14.4 Å². The van der Waals surface area contributed by atoms with Gasteiger partial charge in [0.25, 0.3) is 5.91 Å². The Hall–Kier alpha value is -1.89. The van der Waals surface area contributed by atoms with Crippen molar-refractivity contribution in [3.8, 4) is 0 Å². The molecule has 6 nitrogen and oxygen atoms in total. The van der Waals surface area contributed by atoms with Crippen LogP contribution in [0.5, 0.6) is 0 Å². The molecule has 0 aliphatic rings. The number of carbonyl (C=O) groups excluding carboxylic acids is 1. The lowest BCUT2D eigenvalue weighted by molar-refractivity contribution is -0.140. The van der Waals surface area contributed by atoms with Crippen LogP contribution in [0.2, 0.25) is 0 Å². The van der Waals surface area contributed by atoms with Gasteiger partial charge in [0.1, 0.15) is 6.04 Å². The fourth-order valence-corrected chi connectivity index (χ4v) is 1.79. The molecule has 0 spiro atoms. The fraction of sp³-hybridized carbons (Fsp3) is 0.300. The van der Waals surface area contributed by atoms with Gasteiger partial charge in [-0.15, -0.1) is 11.3 Å². The van der Waals surface area contributed by atoms with E-state index in [0.717, 1.165) is 0 Å². The quantitative estimate of drug-likeness (QED) is 0.699. The first-order chi connectivity index (χ1) is 8.00. The summed E-state index contributed by atoms with van der Waals surface area (Å²) < 4.78 is 0. The van der Waals surface area contributed by atoms with Crippen molar-refractivity contribution in [1.29, 1.82) is 0 Å². The van der Waals surface area contributed by atoms with Crippen molar-refractivity contribution in [2.45, 2.75) is 18.9 Å². The Kier molecular flexibility index (Phi) is 4.65. The number of carboxylic acids is 2. The number of carboxylic acid groups (broad SMARTS) is 2. The molecule has 7 heteroatoms. The molecule has 1 aromatic rings. The summed E-state index contributed by atoms with van der Waals surface area (Å²) >= 11 is 1.19. The van der Waals surface area contributed by atoms with Crippen LogP contribution < -0.4 is 5.32 Å². The topological polar surface area (TPSA) is 104 Å². The van der Waals surface area contributed by atoms with E-state index >= 15 is 0 Å². The zero-order valence-electron chi connectivity index (χ0n) is 8.75. The van der Waals surface area contributed by atoms with Gasteiger partial charge in [-0.25, -0.2) is 4.79 Å². The summed E-state index contributed by atoms with van der Waals surface area (Å²) in [6.45, 7) is 0. The van der Waals surface area contributed by atoms with Crippen molar-refractivity contribution in [1.82, 2.24) is 5.32 Å². The number of carbonyl (C=O) groups is 3. The van der Waals surface area contributed by atoms with E-state index in [1.165, 1.54) is 11.3 Å².